The molecule has 102 valence electrons. The molecule has 2 N–H and O–H groups in total. The van der Waals surface area contributed by atoms with Gasteiger partial charge >= 0.3 is 0 Å². The first-order valence-corrected chi connectivity index (χ1v) is 6.64. The van der Waals surface area contributed by atoms with Crippen LogP contribution in [0.3, 0.4) is 0 Å². The van der Waals surface area contributed by atoms with Crippen LogP contribution >= 0.6 is 11.6 Å². The van der Waals surface area contributed by atoms with Gasteiger partial charge in [0.15, 0.2) is 0 Å². The fourth-order valence-electron chi connectivity index (χ4n) is 1.98. The number of halogens is 1. The van der Waals surface area contributed by atoms with Crippen LogP contribution in [0.1, 0.15) is 31.6 Å². The molecule has 1 heterocycles. The van der Waals surface area contributed by atoms with E-state index in [9.17, 15) is 5.11 Å². The number of nitrogens with one attached hydrogen (secondary N) is 1. The molecule has 0 spiro atoms. The van der Waals surface area contributed by atoms with E-state index in [0.29, 0.717) is 11.1 Å². The second-order valence-electron chi connectivity index (χ2n) is 4.71. The van der Waals surface area contributed by atoms with Gasteiger partial charge in [0.2, 0.25) is 0 Å². The summed E-state index contributed by atoms with van der Waals surface area (Å²) in [6.07, 6.45) is 3.57. The number of aliphatic hydroxyl groups is 1. The summed E-state index contributed by atoms with van der Waals surface area (Å²) in [5.41, 5.74) is 1.88. The van der Waals surface area contributed by atoms with Gasteiger partial charge in [-0.05, 0) is 38.1 Å². The zero-order valence-electron chi connectivity index (χ0n) is 11.0. The Morgan fingerprint density at radius 2 is 2.00 bits per heavy atom. The molecule has 0 bridgehead atoms. The zero-order chi connectivity index (χ0) is 13.8. The Labute approximate surface area is 118 Å². The molecule has 0 aliphatic carbocycles. The highest BCUT2D eigenvalue weighted by Gasteiger charge is 2.16. The predicted octanol–water partition coefficient (Wildman–Crippen LogP) is 3.26. The van der Waals surface area contributed by atoms with Gasteiger partial charge in [0.25, 0.3) is 0 Å². The summed E-state index contributed by atoms with van der Waals surface area (Å²) in [5.74, 6) is 0. The molecule has 0 saturated heterocycles. The minimum Gasteiger partial charge on any atom is -0.394 e. The number of aromatic nitrogens is 2. The van der Waals surface area contributed by atoms with E-state index < -0.39 is 0 Å². The average molecular weight is 280 g/mol. The van der Waals surface area contributed by atoms with Crippen LogP contribution in [0.25, 0.3) is 0 Å². The number of anilines is 1. The molecule has 0 saturated carbocycles. The van der Waals surface area contributed by atoms with Crippen molar-refractivity contribution in [3.63, 3.8) is 0 Å². The van der Waals surface area contributed by atoms with E-state index >= 15 is 0 Å². The molecule has 5 heteroatoms. The maximum Gasteiger partial charge on any atom is 0.0951 e. The first-order valence-electron chi connectivity index (χ1n) is 6.26. The molecular weight excluding hydrogens is 262 g/mol. The minimum atomic E-state index is -0.189. The topological polar surface area (TPSA) is 50.1 Å². The molecule has 1 aromatic carbocycles. The molecule has 4 nitrogen and oxygen atoms in total. The van der Waals surface area contributed by atoms with Crippen LogP contribution < -0.4 is 5.32 Å². The van der Waals surface area contributed by atoms with E-state index in [0.717, 1.165) is 11.4 Å². The fraction of sp³-hybridized carbons (Fsp3) is 0.357. The molecule has 2 rings (SSSR count). The Kier molecular flexibility index (Phi) is 4.45. The van der Waals surface area contributed by atoms with Gasteiger partial charge in [-0.2, -0.15) is 0 Å². The molecule has 1 aromatic heterocycles. The van der Waals surface area contributed by atoms with Crippen molar-refractivity contribution in [2.45, 2.75) is 25.9 Å². The van der Waals surface area contributed by atoms with E-state index in [1.54, 1.807) is 12.5 Å². The zero-order valence-corrected chi connectivity index (χ0v) is 11.8. The lowest BCUT2D eigenvalue weighted by atomic mass is 10.2. The number of hydrogen-bond acceptors (Lipinski definition) is 3. The standard InChI is InChI=1S/C14H18ClN3O/c1-10(2)18-9-16-7-14(18)13(8-19)17-12-5-3-11(15)4-6-12/h3-7,9-10,13,17,19H,8H2,1-2H3. The third kappa shape index (κ3) is 3.28. The smallest absolute Gasteiger partial charge is 0.0951 e. The van der Waals surface area contributed by atoms with E-state index in [4.69, 9.17) is 11.6 Å². The van der Waals surface area contributed by atoms with Crippen LogP contribution in [0.15, 0.2) is 36.8 Å². The maximum atomic E-state index is 9.59. The number of benzene rings is 1. The van der Waals surface area contributed by atoms with Crippen molar-refractivity contribution in [3.05, 3.63) is 47.5 Å². The van der Waals surface area contributed by atoms with E-state index in [-0.39, 0.29) is 12.6 Å². The SMILES string of the molecule is CC(C)n1cncc1C(CO)Nc1ccc(Cl)cc1. The number of imidazole rings is 1. The van der Waals surface area contributed by atoms with E-state index in [1.165, 1.54) is 0 Å². The quantitative estimate of drug-likeness (QED) is 0.883. The summed E-state index contributed by atoms with van der Waals surface area (Å²) in [5, 5.41) is 13.6. The van der Waals surface area contributed by atoms with Crippen LogP contribution in [0.4, 0.5) is 5.69 Å². The van der Waals surface area contributed by atoms with Crippen molar-refractivity contribution >= 4 is 17.3 Å². The molecule has 0 aliphatic heterocycles. The van der Waals surface area contributed by atoms with Crippen LogP contribution in [-0.4, -0.2) is 21.3 Å². The van der Waals surface area contributed by atoms with Gasteiger partial charge in [0, 0.05) is 16.8 Å². The predicted molar refractivity (Wildman–Crippen MR) is 77.5 cm³/mol. The summed E-state index contributed by atoms with van der Waals surface area (Å²) in [6, 6.07) is 7.53. The number of rotatable bonds is 5. The summed E-state index contributed by atoms with van der Waals surface area (Å²) in [4.78, 5) is 4.16. The van der Waals surface area contributed by atoms with Crippen molar-refractivity contribution in [2.24, 2.45) is 0 Å². The highest BCUT2D eigenvalue weighted by molar-refractivity contribution is 6.30. The third-order valence-electron chi connectivity index (χ3n) is 2.98. The van der Waals surface area contributed by atoms with Gasteiger partial charge < -0.3 is 15.0 Å². The van der Waals surface area contributed by atoms with E-state index in [1.807, 2.05) is 28.8 Å². The van der Waals surface area contributed by atoms with Crippen molar-refractivity contribution in [3.8, 4) is 0 Å². The second kappa shape index (κ2) is 6.08. The van der Waals surface area contributed by atoms with E-state index in [2.05, 4.69) is 24.1 Å². The normalized spacial score (nSPS) is 12.7. The maximum absolute atomic E-state index is 9.59. The molecular formula is C14H18ClN3O. The highest BCUT2D eigenvalue weighted by Crippen LogP contribution is 2.22. The number of hydrogen-bond donors (Lipinski definition) is 2. The molecule has 1 unspecified atom stereocenters. The van der Waals surface area contributed by atoms with Crippen molar-refractivity contribution in [1.82, 2.24) is 9.55 Å². The van der Waals surface area contributed by atoms with Gasteiger partial charge in [0.1, 0.15) is 0 Å². The Morgan fingerprint density at radius 3 is 2.58 bits per heavy atom. The first kappa shape index (κ1) is 13.9. The van der Waals surface area contributed by atoms with Gasteiger partial charge in [-0.1, -0.05) is 11.6 Å². The highest BCUT2D eigenvalue weighted by atomic mass is 35.5. The Balaban J connectivity index is 2.20. The van der Waals surface area contributed by atoms with Gasteiger partial charge in [0.05, 0.1) is 30.9 Å². The number of aliphatic hydroxyl groups excluding tert-OH is 1. The third-order valence-corrected chi connectivity index (χ3v) is 3.23. The first-order chi connectivity index (χ1) is 9.11. The lowest BCUT2D eigenvalue weighted by molar-refractivity contribution is 0.271. The van der Waals surface area contributed by atoms with Crippen LogP contribution in [-0.2, 0) is 0 Å². The Morgan fingerprint density at radius 1 is 1.32 bits per heavy atom. The molecule has 0 radical (unpaired) electrons. The molecule has 2 aromatic rings. The second-order valence-corrected chi connectivity index (χ2v) is 5.14. The van der Waals surface area contributed by atoms with Gasteiger partial charge in [-0.3, -0.25) is 0 Å². The van der Waals surface area contributed by atoms with Crippen LogP contribution in [0.5, 0.6) is 0 Å². The summed E-state index contributed by atoms with van der Waals surface area (Å²) < 4.78 is 2.05. The van der Waals surface area contributed by atoms with Crippen LogP contribution in [0.2, 0.25) is 5.02 Å². The summed E-state index contributed by atoms with van der Waals surface area (Å²) in [6.45, 7) is 4.17. The monoisotopic (exact) mass is 279 g/mol. The largest absolute Gasteiger partial charge is 0.394 e. The average Bonchev–Trinajstić information content (AvgIpc) is 2.87. The summed E-state index contributed by atoms with van der Waals surface area (Å²) >= 11 is 5.86. The summed E-state index contributed by atoms with van der Waals surface area (Å²) in [7, 11) is 0. The molecule has 0 fully saturated rings. The van der Waals surface area contributed by atoms with Crippen LogP contribution in [0, 0.1) is 0 Å². The van der Waals surface area contributed by atoms with Crippen molar-refractivity contribution in [2.75, 3.05) is 11.9 Å². The van der Waals surface area contributed by atoms with Gasteiger partial charge in [-0.15, -0.1) is 0 Å². The molecule has 0 aliphatic rings. The van der Waals surface area contributed by atoms with Gasteiger partial charge in [-0.25, -0.2) is 4.98 Å². The minimum absolute atomic E-state index is 0.00103. The van der Waals surface area contributed by atoms with Crippen molar-refractivity contribution < 1.29 is 5.11 Å². The Bertz CT molecular complexity index is 522. The molecule has 1 atom stereocenters. The Hall–Kier alpha value is -1.52. The lowest BCUT2D eigenvalue weighted by Gasteiger charge is -2.21. The molecule has 0 amide bonds. The van der Waals surface area contributed by atoms with Crippen molar-refractivity contribution in [1.29, 1.82) is 0 Å². The number of nitrogens with zero attached hydrogens (tertiary/aromatic N) is 2. The lowest BCUT2D eigenvalue weighted by Crippen LogP contribution is -2.19. The molecule has 19 heavy (non-hydrogen) atoms. The fourth-order valence-corrected chi connectivity index (χ4v) is 2.10.